The second-order valence-corrected chi connectivity index (χ2v) is 4.16. The molecule has 0 aromatic rings. The Morgan fingerprint density at radius 3 is 2.67 bits per heavy atom. The van der Waals surface area contributed by atoms with Gasteiger partial charge in [0.2, 0.25) is 0 Å². The smallest absolute Gasteiger partial charge is 0.138 e. The second-order valence-electron chi connectivity index (χ2n) is 4.16. The Morgan fingerprint density at radius 1 is 1.58 bits per heavy atom. The summed E-state index contributed by atoms with van der Waals surface area (Å²) in [7, 11) is 0. The largest absolute Gasteiger partial charge is 0.392 e. The molecule has 12 heavy (non-hydrogen) atoms. The van der Waals surface area contributed by atoms with Gasteiger partial charge in [-0.1, -0.05) is 13.8 Å². The number of Topliss-reactive ketones (excluding diaryl/α,β-unsaturated/α-hetero) is 1. The summed E-state index contributed by atoms with van der Waals surface area (Å²) in [5.41, 5.74) is 0. The minimum atomic E-state index is -0.389. The summed E-state index contributed by atoms with van der Waals surface area (Å²) in [6.45, 7) is 4.14. The van der Waals surface area contributed by atoms with Crippen LogP contribution in [0.3, 0.4) is 0 Å². The normalized spacial score (nSPS) is 26.7. The van der Waals surface area contributed by atoms with Crippen LogP contribution >= 0.6 is 0 Å². The maximum Gasteiger partial charge on any atom is 0.138 e. The number of hydrogen-bond donors (Lipinski definition) is 1. The molecular weight excluding hydrogens is 152 g/mol. The highest BCUT2D eigenvalue weighted by Gasteiger charge is 2.30. The van der Waals surface area contributed by atoms with Crippen LogP contribution in [0.1, 0.15) is 39.5 Å². The molecule has 0 radical (unpaired) electrons. The first-order valence-electron chi connectivity index (χ1n) is 4.82. The molecule has 0 amide bonds. The molecule has 0 aliphatic heterocycles. The fraction of sp³-hybridized carbons (Fsp3) is 0.900. The fourth-order valence-electron chi connectivity index (χ4n) is 1.90. The van der Waals surface area contributed by atoms with E-state index in [-0.39, 0.29) is 17.8 Å². The van der Waals surface area contributed by atoms with Crippen molar-refractivity contribution in [1.29, 1.82) is 0 Å². The Bertz CT molecular complexity index is 163. The maximum atomic E-state index is 11.2. The van der Waals surface area contributed by atoms with Gasteiger partial charge in [0.15, 0.2) is 0 Å². The van der Waals surface area contributed by atoms with Crippen LogP contribution in [0.15, 0.2) is 0 Å². The maximum absolute atomic E-state index is 11.2. The van der Waals surface area contributed by atoms with E-state index in [1.165, 1.54) is 0 Å². The van der Waals surface area contributed by atoms with Gasteiger partial charge in [0.05, 0.1) is 6.10 Å². The molecule has 0 aromatic carbocycles. The van der Waals surface area contributed by atoms with Crippen LogP contribution in [0.2, 0.25) is 0 Å². The molecule has 1 aliphatic rings. The van der Waals surface area contributed by atoms with E-state index in [1.807, 2.05) is 0 Å². The van der Waals surface area contributed by atoms with Crippen molar-refractivity contribution < 1.29 is 9.90 Å². The van der Waals surface area contributed by atoms with Crippen LogP contribution in [0.25, 0.3) is 0 Å². The molecule has 2 atom stereocenters. The number of ketones is 1. The van der Waals surface area contributed by atoms with Gasteiger partial charge in [0, 0.05) is 12.3 Å². The third kappa shape index (κ3) is 2.31. The summed E-state index contributed by atoms with van der Waals surface area (Å²) in [6.07, 6.45) is 2.92. The molecule has 1 rings (SSSR count). The van der Waals surface area contributed by atoms with E-state index in [0.29, 0.717) is 12.3 Å². The molecule has 0 spiro atoms. The molecule has 0 aromatic heterocycles. The zero-order chi connectivity index (χ0) is 9.14. The van der Waals surface area contributed by atoms with E-state index in [2.05, 4.69) is 13.8 Å². The molecule has 0 unspecified atom stereocenters. The van der Waals surface area contributed by atoms with Crippen molar-refractivity contribution in [3.63, 3.8) is 0 Å². The Labute approximate surface area is 74.0 Å². The third-order valence-corrected chi connectivity index (χ3v) is 2.53. The van der Waals surface area contributed by atoms with Crippen molar-refractivity contribution in [1.82, 2.24) is 0 Å². The Morgan fingerprint density at radius 2 is 2.25 bits per heavy atom. The lowest BCUT2D eigenvalue weighted by molar-refractivity contribution is -0.123. The summed E-state index contributed by atoms with van der Waals surface area (Å²) < 4.78 is 0. The van der Waals surface area contributed by atoms with Crippen LogP contribution < -0.4 is 0 Å². The monoisotopic (exact) mass is 170 g/mol. The number of carbonyl (C=O) groups excluding carboxylic acids is 1. The van der Waals surface area contributed by atoms with Gasteiger partial charge in [0.25, 0.3) is 0 Å². The predicted octanol–water partition coefficient (Wildman–Crippen LogP) is 1.76. The lowest BCUT2D eigenvalue weighted by Gasteiger charge is -2.17. The lowest BCUT2D eigenvalue weighted by Crippen LogP contribution is -2.25. The van der Waals surface area contributed by atoms with Crippen LogP contribution in [0.4, 0.5) is 0 Å². The van der Waals surface area contributed by atoms with E-state index >= 15 is 0 Å². The lowest BCUT2D eigenvalue weighted by atomic mass is 9.93. The van der Waals surface area contributed by atoms with E-state index < -0.39 is 0 Å². The second kappa shape index (κ2) is 4.04. The summed E-state index contributed by atoms with van der Waals surface area (Å²) in [6, 6.07) is 0. The van der Waals surface area contributed by atoms with Crippen molar-refractivity contribution in [2.45, 2.75) is 45.6 Å². The Balaban J connectivity index is 2.40. The molecule has 2 heteroatoms. The van der Waals surface area contributed by atoms with Crippen LogP contribution in [0, 0.1) is 11.8 Å². The summed E-state index contributed by atoms with van der Waals surface area (Å²) >= 11 is 0. The van der Waals surface area contributed by atoms with Gasteiger partial charge in [-0.25, -0.2) is 0 Å². The standard InChI is InChI=1S/C10H18O2/c1-7(2)6-10(12)8-4-3-5-9(8)11/h7-8,10,12H,3-6H2,1-2H3/t8-,10+/m1/s1. The molecular formula is C10H18O2. The predicted molar refractivity (Wildman–Crippen MR) is 47.8 cm³/mol. The van der Waals surface area contributed by atoms with Gasteiger partial charge < -0.3 is 5.11 Å². The topological polar surface area (TPSA) is 37.3 Å². The zero-order valence-corrected chi connectivity index (χ0v) is 7.92. The highest BCUT2D eigenvalue weighted by atomic mass is 16.3. The molecule has 1 fully saturated rings. The van der Waals surface area contributed by atoms with E-state index in [1.54, 1.807) is 0 Å². The van der Waals surface area contributed by atoms with E-state index in [4.69, 9.17) is 0 Å². The van der Waals surface area contributed by atoms with Gasteiger partial charge in [-0.05, 0) is 25.2 Å². The quantitative estimate of drug-likeness (QED) is 0.700. The first kappa shape index (κ1) is 9.72. The van der Waals surface area contributed by atoms with Crippen molar-refractivity contribution >= 4 is 5.78 Å². The van der Waals surface area contributed by atoms with Gasteiger partial charge in [-0.2, -0.15) is 0 Å². The van der Waals surface area contributed by atoms with Gasteiger partial charge in [0.1, 0.15) is 5.78 Å². The molecule has 70 valence electrons. The number of aliphatic hydroxyl groups excluding tert-OH is 1. The van der Waals surface area contributed by atoms with Crippen LogP contribution in [-0.2, 0) is 4.79 Å². The number of hydrogen-bond acceptors (Lipinski definition) is 2. The van der Waals surface area contributed by atoms with Gasteiger partial charge in [-0.15, -0.1) is 0 Å². The Hall–Kier alpha value is -0.370. The van der Waals surface area contributed by atoms with Gasteiger partial charge in [-0.3, -0.25) is 4.79 Å². The van der Waals surface area contributed by atoms with E-state index in [9.17, 15) is 9.90 Å². The summed E-state index contributed by atoms with van der Waals surface area (Å²) in [4.78, 5) is 11.2. The van der Waals surface area contributed by atoms with E-state index in [0.717, 1.165) is 19.3 Å². The summed E-state index contributed by atoms with van der Waals surface area (Å²) in [5.74, 6) is 0.698. The number of rotatable bonds is 3. The first-order valence-corrected chi connectivity index (χ1v) is 4.82. The molecule has 0 bridgehead atoms. The number of carbonyl (C=O) groups is 1. The number of aliphatic hydroxyl groups is 1. The molecule has 0 saturated heterocycles. The third-order valence-electron chi connectivity index (χ3n) is 2.53. The molecule has 0 heterocycles. The SMILES string of the molecule is CC(C)C[C@H](O)[C@@H]1CCCC1=O. The zero-order valence-electron chi connectivity index (χ0n) is 7.92. The molecule has 1 saturated carbocycles. The average Bonchev–Trinajstić information content (AvgIpc) is 2.33. The minimum Gasteiger partial charge on any atom is -0.392 e. The van der Waals surface area contributed by atoms with Crippen molar-refractivity contribution in [2.75, 3.05) is 0 Å². The van der Waals surface area contributed by atoms with Crippen molar-refractivity contribution in [2.24, 2.45) is 11.8 Å². The van der Waals surface area contributed by atoms with Crippen LogP contribution in [0.5, 0.6) is 0 Å². The minimum absolute atomic E-state index is 0.0487. The highest BCUT2D eigenvalue weighted by Crippen LogP contribution is 2.27. The van der Waals surface area contributed by atoms with Crippen LogP contribution in [-0.4, -0.2) is 17.0 Å². The molecule has 1 aliphatic carbocycles. The fourth-order valence-corrected chi connectivity index (χ4v) is 1.90. The van der Waals surface area contributed by atoms with Crippen molar-refractivity contribution in [3.8, 4) is 0 Å². The highest BCUT2D eigenvalue weighted by molar-refractivity contribution is 5.83. The van der Waals surface area contributed by atoms with Crippen molar-refractivity contribution in [3.05, 3.63) is 0 Å². The average molecular weight is 170 g/mol. The molecule has 1 N–H and O–H groups in total. The Kier molecular flexibility index (Phi) is 3.27. The molecule has 2 nitrogen and oxygen atoms in total. The summed E-state index contributed by atoms with van der Waals surface area (Å²) in [5, 5.41) is 9.67. The van der Waals surface area contributed by atoms with Gasteiger partial charge >= 0.3 is 0 Å². The first-order chi connectivity index (χ1) is 5.61.